The second kappa shape index (κ2) is 15.5. The molecule has 1 atom stereocenters. The second-order valence-corrected chi connectivity index (χ2v) is 9.58. The van der Waals surface area contributed by atoms with Gasteiger partial charge in [-0.05, 0) is 71.9 Å². The van der Waals surface area contributed by atoms with Crippen molar-refractivity contribution in [2.24, 2.45) is 0 Å². The number of esters is 1. The summed E-state index contributed by atoms with van der Waals surface area (Å²) in [5, 5.41) is 0. The van der Waals surface area contributed by atoms with Crippen LogP contribution in [0.5, 0.6) is 0 Å². The highest BCUT2D eigenvalue weighted by molar-refractivity contribution is 5.87. The number of benzene rings is 1. The van der Waals surface area contributed by atoms with Gasteiger partial charge in [-0.2, -0.15) is 0 Å². The number of carbonyl (C=O) groups excluding carboxylic acids is 1. The molecular formula is C30H44N2O2. The van der Waals surface area contributed by atoms with Crippen LogP contribution < -0.4 is 0 Å². The molecule has 4 heteroatoms. The summed E-state index contributed by atoms with van der Waals surface area (Å²) in [5.41, 5.74) is 5.35. The molecule has 0 saturated carbocycles. The van der Waals surface area contributed by atoms with Crippen LogP contribution in [0.1, 0.15) is 65.9 Å². The number of ether oxygens (including phenoxy) is 1. The van der Waals surface area contributed by atoms with E-state index in [9.17, 15) is 4.79 Å². The molecule has 0 aliphatic carbocycles. The molecule has 0 aromatic heterocycles. The van der Waals surface area contributed by atoms with E-state index in [2.05, 4.69) is 55.7 Å². The number of carbonyl (C=O) groups is 1. The van der Waals surface area contributed by atoms with Crippen molar-refractivity contribution < 1.29 is 9.53 Å². The molecule has 0 bridgehead atoms. The van der Waals surface area contributed by atoms with E-state index < -0.39 is 0 Å². The first-order valence-corrected chi connectivity index (χ1v) is 12.7. The number of hydrogen-bond donors (Lipinski definition) is 0. The minimum absolute atomic E-state index is 0.209. The summed E-state index contributed by atoms with van der Waals surface area (Å²) in [7, 11) is 0. The van der Waals surface area contributed by atoms with Crippen molar-refractivity contribution in [3.05, 3.63) is 76.9 Å². The lowest BCUT2D eigenvalue weighted by molar-refractivity contribution is -0.152. The van der Waals surface area contributed by atoms with Gasteiger partial charge in [0.1, 0.15) is 0 Å². The Balaban J connectivity index is 1.65. The topological polar surface area (TPSA) is 32.8 Å². The molecule has 0 radical (unpaired) electrons. The fraction of sp³-hybridized carbons (Fsp3) is 0.500. The maximum atomic E-state index is 12.2. The molecule has 1 aromatic carbocycles. The Morgan fingerprint density at radius 3 is 2.18 bits per heavy atom. The summed E-state index contributed by atoms with van der Waals surface area (Å²) in [5.74, 6) is -0.293. The number of allylic oxidation sites excluding steroid dienone is 5. The average Bonchev–Trinajstić information content (AvgIpc) is 2.82. The van der Waals surface area contributed by atoms with Crippen LogP contribution in [-0.4, -0.2) is 54.7 Å². The van der Waals surface area contributed by atoms with E-state index in [1.54, 1.807) is 6.08 Å². The largest absolute Gasteiger partial charge is 0.443 e. The van der Waals surface area contributed by atoms with E-state index in [-0.39, 0.29) is 12.2 Å². The summed E-state index contributed by atoms with van der Waals surface area (Å²) in [6, 6.07) is 9.80. The number of hydrogen-bond acceptors (Lipinski definition) is 4. The molecule has 1 aliphatic rings. The maximum Gasteiger partial charge on any atom is 0.332 e. The molecule has 1 fully saturated rings. The van der Waals surface area contributed by atoms with Crippen molar-refractivity contribution >= 4 is 12.0 Å². The van der Waals surface area contributed by atoms with Crippen LogP contribution in [0.4, 0.5) is 0 Å². The third-order valence-electron chi connectivity index (χ3n) is 6.24. The van der Waals surface area contributed by atoms with Gasteiger partial charge in [0.25, 0.3) is 0 Å². The molecule has 1 unspecified atom stereocenters. The smallest absolute Gasteiger partial charge is 0.332 e. The van der Waals surface area contributed by atoms with Crippen molar-refractivity contribution in [2.75, 3.05) is 32.7 Å². The van der Waals surface area contributed by atoms with E-state index in [0.29, 0.717) is 0 Å². The highest BCUT2D eigenvalue weighted by atomic mass is 16.6. The van der Waals surface area contributed by atoms with Crippen molar-refractivity contribution in [2.45, 2.75) is 66.5 Å². The van der Waals surface area contributed by atoms with Crippen LogP contribution in [0.15, 0.2) is 71.4 Å². The first kappa shape index (κ1) is 27.8. The molecule has 2 rings (SSSR count). The van der Waals surface area contributed by atoms with Crippen molar-refractivity contribution in [3.63, 3.8) is 0 Å². The van der Waals surface area contributed by atoms with E-state index in [4.69, 9.17) is 4.74 Å². The summed E-state index contributed by atoms with van der Waals surface area (Å²) in [6.07, 6.45) is 14.7. The lowest BCUT2D eigenvalue weighted by atomic mass is 10.1. The van der Waals surface area contributed by atoms with Gasteiger partial charge < -0.3 is 4.74 Å². The van der Waals surface area contributed by atoms with Crippen LogP contribution in [0.3, 0.4) is 0 Å². The zero-order valence-corrected chi connectivity index (χ0v) is 21.9. The van der Waals surface area contributed by atoms with Gasteiger partial charge in [0, 0.05) is 38.8 Å². The lowest BCUT2D eigenvalue weighted by Crippen LogP contribution is -2.50. The SMILES string of the molecule is CC(C)=CCC/C(C)=C/CC/C(C)=C/CN1CCN(C(C)OC(=O)/C=C/c2ccccc2)CC1. The molecule has 0 N–H and O–H groups in total. The van der Waals surface area contributed by atoms with Gasteiger partial charge in [0.05, 0.1) is 0 Å². The van der Waals surface area contributed by atoms with Gasteiger partial charge in [-0.3, -0.25) is 9.80 Å². The molecule has 0 spiro atoms. The van der Waals surface area contributed by atoms with E-state index >= 15 is 0 Å². The summed E-state index contributed by atoms with van der Waals surface area (Å²) < 4.78 is 5.61. The summed E-state index contributed by atoms with van der Waals surface area (Å²) in [6.45, 7) is 15.6. The molecule has 1 aliphatic heterocycles. The number of piperazine rings is 1. The number of rotatable bonds is 12. The molecular weight excluding hydrogens is 420 g/mol. The van der Waals surface area contributed by atoms with E-state index in [1.807, 2.05) is 37.3 Å². The van der Waals surface area contributed by atoms with Gasteiger partial charge in [-0.1, -0.05) is 65.3 Å². The lowest BCUT2D eigenvalue weighted by Gasteiger charge is -2.37. The fourth-order valence-corrected chi connectivity index (χ4v) is 3.94. The molecule has 4 nitrogen and oxygen atoms in total. The van der Waals surface area contributed by atoms with Crippen LogP contribution in [-0.2, 0) is 9.53 Å². The monoisotopic (exact) mass is 464 g/mol. The van der Waals surface area contributed by atoms with Crippen molar-refractivity contribution in [1.82, 2.24) is 9.80 Å². The predicted molar refractivity (Wildman–Crippen MR) is 144 cm³/mol. The molecule has 0 amide bonds. The highest BCUT2D eigenvalue weighted by Crippen LogP contribution is 2.13. The summed E-state index contributed by atoms with van der Waals surface area (Å²) >= 11 is 0. The van der Waals surface area contributed by atoms with Gasteiger partial charge >= 0.3 is 5.97 Å². The first-order chi connectivity index (χ1) is 16.3. The molecule has 1 aromatic rings. The molecule has 1 saturated heterocycles. The Kier molecular flexibility index (Phi) is 12.7. The van der Waals surface area contributed by atoms with Crippen molar-refractivity contribution in [1.29, 1.82) is 0 Å². The van der Waals surface area contributed by atoms with Crippen molar-refractivity contribution in [3.8, 4) is 0 Å². The standard InChI is InChI=1S/C30H44N2O2/c1-25(2)11-9-12-26(3)13-10-14-27(4)19-20-31-21-23-32(24-22-31)28(5)34-30(33)18-17-29-15-7-6-8-16-29/h6-8,11,13,15-19,28H,9-10,12,14,20-24H2,1-5H3/b18-17+,26-13+,27-19+. The van der Waals surface area contributed by atoms with Crippen LogP contribution in [0, 0.1) is 0 Å². The predicted octanol–water partition coefficient (Wildman–Crippen LogP) is 6.63. The first-order valence-electron chi connectivity index (χ1n) is 12.7. The molecule has 186 valence electrons. The van der Waals surface area contributed by atoms with Gasteiger partial charge in [-0.25, -0.2) is 4.79 Å². The van der Waals surface area contributed by atoms with Gasteiger partial charge in [0.15, 0.2) is 6.23 Å². The third kappa shape index (κ3) is 11.6. The number of nitrogens with zero attached hydrogens (tertiary/aromatic N) is 2. The average molecular weight is 465 g/mol. The summed E-state index contributed by atoms with van der Waals surface area (Å²) in [4.78, 5) is 16.9. The van der Waals surface area contributed by atoms with Crippen LogP contribution in [0.2, 0.25) is 0 Å². The van der Waals surface area contributed by atoms with Gasteiger partial charge in [-0.15, -0.1) is 0 Å². The van der Waals surface area contributed by atoms with Crippen LogP contribution in [0.25, 0.3) is 6.08 Å². The Bertz CT molecular complexity index is 855. The Morgan fingerprint density at radius 2 is 1.53 bits per heavy atom. The highest BCUT2D eigenvalue weighted by Gasteiger charge is 2.22. The Labute approximate surface area is 207 Å². The maximum absolute atomic E-state index is 12.2. The second-order valence-electron chi connectivity index (χ2n) is 9.58. The third-order valence-corrected chi connectivity index (χ3v) is 6.24. The zero-order chi connectivity index (χ0) is 24.8. The van der Waals surface area contributed by atoms with Gasteiger partial charge in [0.2, 0.25) is 0 Å². The Hall–Kier alpha value is -2.43. The molecule has 1 heterocycles. The minimum atomic E-state index is -0.293. The minimum Gasteiger partial charge on any atom is -0.443 e. The quantitative estimate of drug-likeness (QED) is 0.198. The van der Waals surface area contributed by atoms with E-state index in [0.717, 1.165) is 64.0 Å². The van der Waals surface area contributed by atoms with Crippen LogP contribution >= 0.6 is 0 Å². The Morgan fingerprint density at radius 1 is 0.912 bits per heavy atom. The normalized spacial score (nSPS) is 17.1. The fourth-order valence-electron chi connectivity index (χ4n) is 3.94. The van der Waals surface area contributed by atoms with E-state index in [1.165, 1.54) is 22.8 Å². The molecule has 34 heavy (non-hydrogen) atoms. The zero-order valence-electron chi connectivity index (χ0n) is 21.9.